The van der Waals surface area contributed by atoms with Crippen molar-refractivity contribution in [2.45, 2.75) is 13.8 Å². The fourth-order valence-corrected chi connectivity index (χ4v) is 1.60. The summed E-state index contributed by atoms with van der Waals surface area (Å²) in [7, 11) is 0. The van der Waals surface area contributed by atoms with Crippen LogP contribution in [0.25, 0.3) is 0 Å². The van der Waals surface area contributed by atoms with Gasteiger partial charge in [-0.1, -0.05) is 13.8 Å². The Bertz CT molecular complexity index is 509. The van der Waals surface area contributed by atoms with Crippen molar-refractivity contribution in [3.05, 3.63) is 35.1 Å². The van der Waals surface area contributed by atoms with E-state index in [2.05, 4.69) is 5.32 Å². The van der Waals surface area contributed by atoms with Crippen LogP contribution >= 0.6 is 0 Å². The minimum atomic E-state index is -1.66. The van der Waals surface area contributed by atoms with E-state index in [4.69, 9.17) is 5.11 Å². The Balaban J connectivity index is 2.79. The standard InChI is InChI=1S/C13H14F3NO3/c1-6(2)8(13(19)20)5-17-12(18)7-3-9(14)11(16)10(15)4-7/h3-4,6,8H,5H2,1-2H3,(H,17,18)(H,19,20). The van der Waals surface area contributed by atoms with Crippen molar-refractivity contribution < 1.29 is 27.9 Å². The molecular formula is C13H14F3NO3. The monoisotopic (exact) mass is 289 g/mol. The summed E-state index contributed by atoms with van der Waals surface area (Å²) in [5.41, 5.74) is -0.408. The molecule has 0 aliphatic rings. The van der Waals surface area contributed by atoms with Gasteiger partial charge in [0, 0.05) is 12.1 Å². The smallest absolute Gasteiger partial charge is 0.308 e. The molecule has 4 nitrogen and oxygen atoms in total. The van der Waals surface area contributed by atoms with E-state index < -0.39 is 40.8 Å². The van der Waals surface area contributed by atoms with Crippen molar-refractivity contribution in [1.82, 2.24) is 5.32 Å². The van der Waals surface area contributed by atoms with E-state index in [-0.39, 0.29) is 12.5 Å². The van der Waals surface area contributed by atoms with Crippen molar-refractivity contribution in [3.8, 4) is 0 Å². The van der Waals surface area contributed by atoms with Crippen LogP contribution in [0.2, 0.25) is 0 Å². The Labute approximate surface area is 113 Å². The molecule has 20 heavy (non-hydrogen) atoms. The van der Waals surface area contributed by atoms with Crippen molar-refractivity contribution in [1.29, 1.82) is 0 Å². The van der Waals surface area contributed by atoms with Crippen LogP contribution in [-0.2, 0) is 4.79 Å². The van der Waals surface area contributed by atoms with Gasteiger partial charge in [-0.05, 0) is 18.1 Å². The van der Waals surface area contributed by atoms with Gasteiger partial charge in [-0.25, -0.2) is 13.2 Å². The molecule has 0 aromatic heterocycles. The summed E-state index contributed by atoms with van der Waals surface area (Å²) < 4.78 is 38.7. The van der Waals surface area contributed by atoms with E-state index in [1.165, 1.54) is 0 Å². The average molecular weight is 289 g/mol. The third-order valence-electron chi connectivity index (χ3n) is 2.85. The van der Waals surface area contributed by atoms with E-state index in [9.17, 15) is 22.8 Å². The van der Waals surface area contributed by atoms with Crippen LogP contribution in [0.4, 0.5) is 13.2 Å². The summed E-state index contributed by atoms with van der Waals surface area (Å²) in [4.78, 5) is 22.6. The van der Waals surface area contributed by atoms with E-state index in [0.29, 0.717) is 12.1 Å². The zero-order valence-corrected chi connectivity index (χ0v) is 10.9. The fourth-order valence-electron chi connectivity index (χ4n) is 1.60. The molecule has 1 amide bonds. The lowest BCUT2D eigenvalue weighted by Gasteiger charge is -2.16. The van der Waals surface area contributed by atoms with Crippen molar-refractivity contribution in [2.24, 2.45) is 11.8 Å². The summed E-state index contributed by atoms with van der Waals surface area (Å²) in [6.45, 7) is 3.15. The van der Waals surface area contributed by atoms with Gasteiger partial charge in [0.1, 0.15) is 0 Å². The third-order valence-corrected chi connectivity index (χ3v) is 2.85. The number of aliphatic carboxylic acids is 1. The minimum Gasteiger partial charge on any atom is -0.481 e. The van der Waals surface area contributed by atoms with Gasteiger partial charge in [-0.3, -0.25) is 9.59 Å². The molecule has 7 heteroatoms. The third kappa shape index (κ3) is 3.72. The van der Waals surface area contributed by atoms with Crippen molar-refractivity contribution >= 4 is 11.9 Å². The molecule has 0 heterocycles. The predicted octanol–water partition coefficient (Wildman–Crippen LogP) is 2.19. The summed E-state index contributed by atoms with van der Waals surface area (Å²) in [5, 5.41) is 11.2. The topological polar surface area (TPSA) is 66.4 Å². The SMILES string of the molecule is CC(C)C(CNC(=O)c1cc(F)c(F)c(F)c1)C(=O)O. The van der Waals surface area contributed by atoms with Crippen LogP contribution in [0.5, 0.6) is 0 Å². The predicted molar refractivity (Wildman–Crippen MR) is 64.6 cm³/mol. The molecule has 1 aromatic rings. The Morgan fingerprint density at radius 2 is 1.70 bits per heavy atom. The minimum absolute atomic E-state index is 0.188. The van der Waals surface area contributed by atoms with Crippen LogP contribution in [0.15, 0.2) is 12.1 Å². The molecule has 2 N–H and O–H groups in total. The van der Waals surface area contributed by atoms with Crippen LogP contribution in [0.3, 0.4) is 0 Å². The first-order valence-corrected chi connectivity index (χ1v) is 5.89. The summed E-state index contributed by atoms with van der Waals surface area (Å²) in [6.07, 6.45) is 0. The van der Waals surface area contributed by atoms with Crippen LogP contribution in [-0.4, -0.2) is 23.5 Å². The largest absolute Gasteiger partial charge is 0.481 e. The summed E-state index contributed by atoms with van der Waals surface area (Å²) in [5.74, 6) is -7.62. The van der Waals surface area contributed by atoms with Crippen LogP contribution in [0.1, 0.15) is 24.2 Å². The van der Waals surface area contributed by atoms with Gasteiger partial charge in [0.25, 0.3) is 5.91 Å². The average Bonchev–Trinajstić information content (AvgIpc) is 2.34. The first-order valence-electron chi connectivity index (χ1n) is 5.89. The molecule has 0 spiro atoms. The van der Waals surface area contributed by atoms with E-state index in [1.807, 2.05) is 0 Å². The second-order valence-corrected chi connectivity index (χ2v) is 4.65. The molecule has 0 radical (unpaired) electrons. The normalized spacial score (nSPS) is 12.3. The fraction of sp³-hybridized carbons (Fsp3) is 0.385. The second kappa shape index (κ2) is 6.40. The number of carbonyl (C=O) groups is 2. The Hall–Kier alpha value is -2.05. The van der Waals surface area contributed by atoms with E-state index in [0.717, 1.165) is 0 Å². The molecule has 0 aliphatic heterocycles. The molecule has 0 fully saturated rings. The lowest BCUT2D eigenvalue weighted by molar-refractivity contribution is -0.142. The van der Waals surface area contributed by atoms with Crippen molar-refractivity contribution in [2.75, 3.05) is 6.54 Å². The number of carbonyl (C=O) groups excluding carboxylic acids is 1. The Morgan fingerprint density at radius 3 is 2.10 bits per heavy atom. The maximum atomic E-state index is 13.0. The van der Waals surface area contributed by atoms with Gasteiger partial charge in [0.05, 0.1) is 5.92 Å². The zero-order valence-electron chi connectivity index (χ0n) is 10.9. The lowest BCUT2D eigenvalue weighted by atomic mass is 9.96. The molecular weight excluding hydrogens is 275 g/mol. The van der Waals surface area contributed by atoms with E-state index >= 15 is 0 Å². The number of hydrogen-bond acceptors (Lipinski definition) is 2. The second-order valence-electron chi connectivity index (χ2n) is 4.65. The van der Waals surface area contributed by atoms with Crippen LogP contribution < -0.4 is 5.32 Å². The van der Waals surface area contributed by atoms with Crippen molar-refractivity contribution in [3.63, 3.8) is 0 Å². The first-order chi connectivity index (χ1) is 9.23. The molecule has 0 aliphatic carbocycles. The highest BCUT2D eigenvalue weighted by Crippen LogP contribution is 2.14. The molecule has 1 atom stereocenters. The number of halogens is 3. The highest BCUT2D eigenvalue weighted by Gasteiger charge is 2.23. The highest BCUT2D eigenvalue weighted by atomic mass is 19.2. The maximum Gasteiger partial charge on any atom is 0.308 e. The Morgan fingerprint density at radius 1 is 1.20 bits per heavy atom. The van der Waals surface area contributed by atoms with Gasteiger partial charge < -0.3 is 10.4 Å². The number of rotatable bonds is 5. The van der Waals surface area contributed by atoms with Gasteiger partial charge >= 0.3 is 5.97 Å². The number of amides is 1. The molecule has 0 saturated heterocycles. The van der Waals surface area contributed by atoms with Gasteiger partial charge in [0.15, 0.2) is 17.5 Å². The first kappa shape index (κ1) is 16.0. The molecule has 1 unspecified atom stereocenters. The molecule has 110 valence electrons. The van der Waals surface area contributed by atoms with E-state index in [1.54, 1.807) is 13.8 Å². The summed E-state index contributed by atoms with van der Waals surface area (Å²) >= 11 is 0. The molecule has 1 rings (SSSR count). The lowest BCUT2D eigenvalue weighted by Crippen LogP contribution is -2.35. The number of carboxylic acid groups (broad SMARTS) is 1. The maximum absolute atomic E-state index is 13.0. The van der Waals surface area contributed by atoms with Crippen LogP contribution in [0, 0.1) is 29.3 Å². The number of nitrogens with one attached hydrogen (secondary N) is 1. The van der Waals surface area contributed by atoms with Gasteiger partial charge in [0.2, 0.25) is 0 Å². The van der Waals surface area contributed by atoms with Gasteiger partial charge in [-0.15, -0.1) is 0 Å². The number of benzene rings is 1. The quantitative estimate of drug-likeness (QED) is 0.817. The molecule has 0 bridgehead atoms. The molecule has 1 aromatic carbocycles. The Kier molecular flexibility index (Phi) is 5.12. The number of carboxylic acids is 1. The highest BCUT2D eigenvalue weighted by molar-refractivity contribution is 5.94. The zero-order chi connectivity index (χ0) is 15.4. The molecule has 0 saturated carbocycles. The summed E-state index contributed by atoms with van der Waals surface area (Å²) in [6, 6.07) is 1.11. The number of hydrogen-bond donors (Lipinski definition) is 2. The van der Waals surface area contributed by atoms with Gasteiger partial charge in [-0.2, -0.15) is 0 Å².